The van der Waals surface area contributed by atoms with Gasteiger partial charge < -0.3 is 14.6 Å². The van der Waals surface area contributed by atoms with Gasteiger partial charge in [0.05, 0.1) is 22.1 Å². The normalized spacial score (nSPS) is 11.0. The number of aryl methyl sites for hydroxylation is 1. The van der Waals surface area contributed by atoms with Gasteiger partial charge in [-0.15, -0.1) is 0 Å². The molecule has 4 rings (SSSR count). The van der Waals surface area contributed by atoms with E-state index in [1.165, 1.54) is 0 Å². The first-order chi connectivity index (χ1) is 13.6. The van der Waals surface area contributed by atoms with Crippen LogP contribution in [0.15, 0.2) is 49.2 Å². The highest BCUT2D eigenvalue weighted by Crippen LogP contribution is 2.33. The van der Waals surface area contributed by atoms with E-state index in [4.69, 9.17) is 27.9 Å². The molecule has 3 heterocycles. The molecule has 0 unspecified atom stereocenters. The molecule has 3 aromatic heterocycles. The fraction of sp³-hybridized carbons (Fsp3) is 0.150. The van der Waals surface area contributed by atoms with Crippen molar-refractivity contribution in [2.45, 2.75) is 13.5 Å². The average Bonchev–Trinajstić information content (AvgIpc) is 3.22. The Hall–Kier alpha value is -2.83. The van der Waals surface area contributed by atoms with Gasteiger partial charge in [-0.25, -0.2) is 15.0 Å². The van der Waals surface area contributed by atoms with E-state index in [0.717, 1.165) is 22.3 Å². The number of nitrogens with one attached hydrogen (secondary N) is 1. The second kappa shape index (κ2) is 7.66. The Balaban J connectivity index is 1.75. The second-order valence-electron chi connectivity index (χ2n) is 6.19. The van der Waals surface area contributed by atoms with E-state index in [1.54, 1.807) is 25.8 Å². The Morgan fingerprint density at radius 1 is 1.25 bits per heavy atom. The molecule has 1 N–H and O–H groups in total. The number of aromatic nitrogens is 4. The Kier molecular flexibility index (Phi) is 5.07. The van der Waals surface area contributed by atoms with Crippen LogP contribution < -0.4 is 10.1 Å². The minimum absolute atomic E-state index is 0.198. The topological polar surface area (TPSA) is 64.9 Å². The van der Waals surface area contributed by atoms with Gasteiger partial charge in [0.15, 0.2) is 0 Å². The summed E-state index contributed by atoms with van der Waals surface area (Å²) >= 11 is 12.7. The Labute approximate surface area is 172 Å². The van der Waals surface area contributed by atoms with Crippen LogP contribution in [0.25, 0.3) is 16.6 Å². The van der Waals surface area contributed by atoms with Crippen molar-refractivity contribution in [3.05, 3.63) is 70.5 Å². The number of benzene rings is 1. The molecule has 0 saturated carbocycles. The maximum absolute atomic E-state index is 6.40. The molecule has 0 bridgehead atoms. The maximum atomic E-state index is 6.40. The fourth-order valence-corrected chi connectivity index (χ4v) is 3.57. The van der Waals surface area contributed by atoms with E-state index in [9.17, 15) is 0 Å². The lowest BCUT2D eigenvalue weighted by atomic mass is 10.1. The van der Waals surface area contributed by atoms with Gasteiger partial charge in [0.1, 0.15) is 23.7 Å². The third kappa shape index (κ3) is 3.37. The van der Waals surface area contributed by atoms with Gasteiger partial charge in [-0.2, -0.15) is 0 Å². The van der Waals surface area contributed by atoms with Crippen LogP contribution in [-0.2, 0) is 6.61 Å². The smallest absolute Gasteiger partial charge is 0.146 e. The molecule has 8 heteroatoms. The number of anilines is 1. The molecule has 6 nitrogen and oxygen atoms in total. The van der Waals surface area contributed by atoms with Crippen molar-refractivity contribution in [2.75, 3.05) is 12.4 Å². The first-order valence-corrected chi connectivity index (χ1v) is 9.36. The molecule has 0 fully saturated rings. The molecule has 0 amide bonds. The summed E-state index contributed by atoms with van der Waals surface area (Å²) in [6, 6.07) is 7.84. The number of hydrogen-bond acceptors (Lipinski definition) is 5. The van der Waals surface area contributed by atoms with E-state index in [0.29, 0.717) is 27.2 Å². The molecule has 0 radical (unpaired) electrons. The highest BCUT2D eigenvalue weighted by Gasteiger charge is 2.15. The van der Waals surface area contributed by atoms with Crippen LogP contribution >= 0.6 is 23.2 Å². The van der Waals surface area contributed by atoms with Crippen LogP contribution in [0.2, 0.25) is 10.0 Å². The van der Waals surface area contributed by atoms with Gasteiger partial charge in [-0.05, 0) is 19.1 Å². The summed E-state index contributed by atoms with van der Waals surface area (Å²) in [5.74, 6) is 1.21. The SMILES string of the molecule is CNc1ncc(Cl)c(COc2cccc3c(-n4ccnc4)cc(C)nc23)c1Cl. The first-order valence-electron chi connectivity index (χ1n) is 8.60. The third-order valence-electron chi connectivity index (χ3n) is 4.37. The lowest BCUT2D eigenvalue weighted by Gasteiger charge is -2.14. The number of ether oxygens (including phenoxy) is 1. The van der Waals surface area contributed by atoms with Crippen LogP contribution in [0.3, 0.4) is 0 Å². The van der Waals surface area contributed by atoms with Crippen molar-refractivity contribution in [2.24, 2.45) is 0 Å². The van der Waals surface area contributed by atoms with E-state index in [1.807, 2.05) is 42.0 Å². The standard InChI is InChI=1S/C20H17Cl2N5O/c1-12-8-16(27-7-6-24-11-27)13-4-3-5-17(19(13)26-12)28-10-14-15(21)9-25-20(23-2)18(14)22/h3-9,11H,10H2,1-2H3,(H,23,25). The van der Waals surface area contributed by atoms with E-state index < -0.39 is 0 Å². The zero-order valence-electron chi connectivity index (χ0n) is 15.3. The number of fused-ring (bicyclic) bond motifs is 1. The van der Waals surface area contributed by atoms with Crippen molar-refractivity contribution in [1.82, 2.24) is 19.5 Å². The van der Waals surface area contributed by atoms with Gasteiger partial charge in [0.2, 0.25) is 0 Å². The van der Waals surface area contributed by atoms with Crippen LogP contribution in [0.4, 0.5) is 5.82 Å². The summed E-state index contributed by atoms with van der Waals surface area (Å²) in [6.45, 7) is 2.15. The molecule has 0 spiro atoms. The maximum Gasteiger partial charge on any atom is 0.146 e. The molecular formula is C20H17Cl2N5O. The number of rotatable bonds is 5. The van der Waals surface area contributed by atoms with Crippen molar-refractivity contribution in [1.29, 1.82) is 0 Å². The largest absolute Gasteiger partial charge is 0.487 e. The van der Waals surface area contributed by atoms with E-state index in [-0.39, 0.29) is 6.61 Å². The zero-order chi connectivity index (χ0) is 19.7. The third-order valence-corrected chi connectivity index (χ3v) is 5.10. The van der Waals surface area contributed by atoms with Crippen LogP contribution in [0.5, 0.6) is 5.75 Å². The lowest BCUT2D eigenvalue weighted by Crippen LogP contribution is -2.03. The van der Waals surface area contributed by atoms with Crippen molar-refractivity contribution < 1.29 is 4.74 Å². The molecule has 142 valence electrons. The molecule has 0 atom stereocenters. The van der Waals surface area contributed by atoms with Crippen LogP contribution in [-0.4, -0.2) is 26.6 Å². The number of pyridine rings is 2. The summed E-state index contributed by atoms with van der Waals surface area (Å²) in [6.07, 6.45) is 6.96. The predicted molar refractivity (Wildman–Crippen MR) is 112 cm³/mol. The van der Waals surface area contributed by atoms with Crippen LogP contribution in [0, 0.1) is 6.92 Å². The monoisotopic (exact) mass is 413 g/mol. The quantitative estimate of drug-likeness (QED) is 0.495. The zero-order valence-corrected chi connectivity index (χ0v) is 16.8. The molecule has 28 heavy (non-hydrogen) atoms. The fourth-order valence-electron chi connectivity index (χ4n) is 3.02. The van der Waals surface area contributed by atoms with Crippen LogP contribution in [0.1, 0.15) is 11.3 Å². The highest BCUT2D eigenvalue weighted by molar-refractivity contribution is 6.37. The molecular weight excluding hydrogens is 397 g/mol. The Morgan fingerprint density at radius 3 is 2.86 bits per heavy atom. The molecule has 0 aliphatic carbocycles. The summed E-state index contributed by atoms with van der Waals surface area (Å²) < 4.78 is 8.04. The second-order valence-corrected chi connectivity index (χ2v) is 6.98. The predicted octanol–water partition coefficient (Wildman–Crippen LogP) is 5.05. The van der Waals surface area contributed by atoms with Crippen molar-refractivity contribution >= 4 is 39.9 Å². The van der Waals surface area contributed by atoms with E-state index in [2.05, 4.69) is 20.3 Å². The lowest BCUT2D eigenvalue weighted by molar-refractivity contribution is 0.309. The molecule has 1 aromatic carbocycles. The summed E-state index contributed by atoms with van der Waals surface area (Å²) in [5, 5.41) is 4.80. The number of hydrogen-bond donors (Lipinski definition) is 1. The van der Waals surface area contributed by atoms with E-state index >= 15 is 0 Å². The van der Waals surface area contributed by atoms with Gasteiger partial charge in [0, 0.05) is 42.3 Å². The van der Waals surface area contributed by atoms with Gasteiger partial charge in [-0.3, -0.25) is 0 Å². The minimum atomic E-state index is 0.198. The van der Waals surface area contributed by atoms with Crippen molar-refractivity contribution in [3.8, 4) is 11.4 Å². The van der Waals surface area contributed by atoms with Crippen molar-refractivity contribution in [3.63, 3.8) is 0 Å². The van der Waals surface area contributed by atoms with Gasteiger partial charge >= 0.3 is 0 Å². The van der Waals surface area contributed by atoms with Gasteiger partial charge in [0.25, 0.3) is 0 Å². The average molecular weight is 414 g/mol. The molecule has 0 saturated heterocycles. The van der Waals surface area contributed by atoms with Gasteiger partial charge in [-0.1, -0.05) is 35.3 Å². The number of halogens is 2. The summed E-state index contributed by atoms with van der Waals surface area (Å²) in [7, 11) is 1.75. The Morgan fingerprint density at radius 2 is 2.11 bits per heavy atom. The summed E-state index contributed by atoms with van der Waals surface area (Å²) in [4.78, 5) is 13.0. The highest BCUT2D eigenvalue weighted by atomic mass is 35.5. The molecule has 0 aliphatic heterocycles. The molecule has 4 aromatic rings. The number of para-hydroxylation sites is 1. The summed E-state index contributed by atoms with van der Waals surface area (Å²) in [5.41, 5.74) is 3.30. The number of nitrogens with zero attached hydrogens (tertiary/aromatic N) is 4. The first kappa shape index (κ1) is 18.5. The Bertz CT molecular complexity index is 1150. The number of imidazole rings is 1. The molecule has 0 aliphatic rings. The minimum Gasteiger partial charge on any atom is -0.487 e.